The number of aryl methyl sites for hydroxylation is 1. The van der Waals surface area contributed by atoms with Crippen LogP contribution in [-0.4, -0.2) is 49.6 Å². The Hall–Kier alpha value is -1.62. The van der Waals surface area contributed by atoms with E-state index in [1.807, 2.05) is 0 Å². The van der Waals surface area contributed by atoms with E-state index in [2.05, 4.69) is 78.5 Å². The number of piperazine rings is 1. The zero-order valence-electron chi connectivity index (χ0n) is 15.7. The molecule has 1 aromatic carbocycles. The minimum atomic E-state index is 0.193. The van der Waals surface area contributed by atoms with Crippen LogP contribution in [0.5, 0.6) is 0 Å². The smallest absolute Gasteiger partial charge is 0.120 e. The number of furan rings is 1. The van der Waals surface area contributed by atoms with Gasteiger partial charge in [0.2, 0.25) is 0 Å². The molecule has 1 saturated heterocycles. The van der Waals surface area contributed by atoms with Crippen LogP contribution in [-0.2, 0) is 6.42 Å². The average molecular weight is 341 g/mol. The third-order valence-electron chi connectivity index (χ3n) is 5.15. The lowest BCUT2D eigenvalue weighted by atomic mass is 10.0. The molecule has 0 amide bonds. The van der Waals surface area contributed by atoms with Crippen molar-refractivity contribution >= 4 is 0 Å². The third kappa shape index (κ3) is 4.94. The number of nitrogens with zero attached hydrogens (tertiary/aromatic N) is 2. The maximum Gasteiger partial charge on any atom is 0.120 e. The number of hydrogen-bond acceptors (Lipinski definition) is 4. The van der Waals surface area contributed by atoms with Crippen molar-refractivity contribution in [1.82, 2.24) is 15.1 Å². The molecule has 1 fully saturated rings. The van der Waals surface area contributed by atoms with Crippen LogP contribution in [0.25, 0.3) is 0 Å². The molecule has 1 N–H and O–H groups in total. The average Bonchev–Trinajstić information content (AvgIpc) is 3.13. The van der Waals surface area contributed by atoms with Gasteiger partial charge in [0.15, 0.2) is 0 Å². The van der Waals surface area contributed by atoms with Crippen LogP contribution < -0.4 is 5.32 Å². The van der Waals surface area contributed by atoms with Gasteiger partial charge in [0, 0.05) is 45.2 Å². The van der Waals surface area contributed by atoms with Crippen molar-refractivity contribution in [3.8, 4) is 0 Å². The Morgan fingerprint density at radius 2 is 1.76 bits per heavy atom. The van der Waals surface area contributed by atoms with E-state index in [-0.39, 0.29) is 6.04 Å². The van der Waals surface area contributed by atoms with Crippen molar-refractivity contribution in [1.29, 1.82) is 0 Å². The number of nitrogens with one attached hydrogen (secondary N) is 1. The first-order valence-electron chi connectivity index (χ1n) is 9.46. The fourth-order valence-corrected chi connectivity index (χ4v) is 3.43. The van der Waals surface area contributed by atoms with Crippen LogP contribution >= 0.6 is 0 Å². The van der Waals surface area contributed by atoms with E-state index in [0.717, 1.165) is 50.7 Å². The summed E-state index contributed by atoms with van der Waals surface area (Å²) in [7, 11) is 2.20. The zero-order chi connectivity index (χ0) is 17.6. The van der Waals surface area contributed by atoms with E-state index in [4.69, 9.17) is 4.42 Å². The summed E-state index contributed by atoms with van der Waals surface area (Å²) in [6.45, 7) is 9.92. The Labute approximate surface area is 151 Å². The first kappa shape index (κ1) is 18.2. The van der Waals surface area contributed by atoms with Gasteiger partial charge in [0.25, 0.3) is 0 Å². The molecule has 0 bridgehead atoms. The molecule has 2 heterocycles. The summed E-state index contributed by atoms with van der Waals surface area (Å²) in [5.74, 6) is 2.08. The summed E-state index contributed by atoms with van der Waals surface area (Å²) >= 11 is 0. The van der Waals surface area contributed by atoms with Crippen LogP contribution in [0, 0.1) is 0 Å². The van der Waals surface area contributed by atoms with Gasteiger partial charge in [0.1, 0.15) is 11.5 Å². The second-order valence-electron chi connectivity index (χ2n) is 7.11. The lowest BCUT2D eigenvalue weighted by Crippen LogP contribution is -2.47. The lowest BCUT2D eigenvalue weighted by Gasteiger charge is -2.35. The first-order valence-corrected chi connectivity index (χ1v) is 9.46. The summed E-state index contributed by atoms with van der Waals surface area (Å²) in [6, 6.07) is 15.5. The normalized spacial score (nSPS) is 19.0. The minimum absolute atomic E-state index is 0.193. The Bertz CT molecular complexity index is 632. The summed E-state index contributed by atoms with van der Waals surface area (Å²) in [5.41, 5.74) is 1.34. The van der Waals surface area contributed by atoms with Gasteiger partial charge in [-0.1, -0.05) is 37.3 Å². The Morgan fingerprint density at radius 3 is 2.40 bits per heavy atom. The highest BCUT2D eigenvalue weighted by Crippen LogP contribution is 2.23. The predicted octanol–water partition coefficient (Wildman–Crippen LogP) is 3.48. The topological polar surface area (TPSA) is 31.6 Å². The van der Waals surface area contributed by atoms with Crippen LogP contribution in [0.4, 0.5) is 0 Å². The second kappa shape index (κ2) is 8.65. The van der Waals surface area contributed by atoms with Gasteiger partial charge in [-0.25, -0.2) is 0 Å². The van der Waals surface area contributed by atoms with E-state index in [0.29, 0.717) is 6.04 Å². The maximum atomic E-state index is 5.95. The summed E-state index contributed by atoms with van der Waals surface area (Å²) < 4.78 is 5.95. The summed E-state index contributed by atoms with van der Waals surface area (Å²) in [6.07, 6.45) is 0.941. The van der Waals surface area contributed by atoms with Gasteiger partial charge in [-0.15, -0.1) is 0 Å². The SMILES string of the molecule is CCc1ccc([C@@H](C)N[C@H](CN2CCN(C)CC2)c2ccccc2)o1. The van der Waals surface area contributed by atoms with E-state index < -0.39 is 0 Å². The molecular weight excluding hydrogens is 310 g/mol. The highest BCUT2D eigenvalue weighted by Gasteiger charge is 2.22. The quantitative estimate of drug-likeness (QED) is 0.835. The Morgan fingerprint density at radius 1 is 1.04 bits per heavy atom. The molecule has 0 unspecified atom stereocenters. The Balaban J connectivity index is 1.69. The molecule has 2 aromatic rings. The fraction of sp³-hybridized carbons (Fsp3) is 0.524. The van der Waals surface area contributed by atoms with Gasteiger partial charge >= 0.3 is 0 Å². The maximum absolute atomic E-state index is 5.95. The van der Waals surface area contributed by atoms with E-state index in [1.54, 1.807) is 0 Å². The van der Waals surface area contributed by atoms with Crippen molar-refractivity contribution in [2.75, 3.05) is 39.8 Å². The number of hydrogen-bond donors (Lipinski definition) is 1. The molecule has 25 heavy (non-hydrogen) atoms. The minimum Gasteiger partial charge on any atom is -0.464 e. The number of rotatable bonds is 7. The predicted molar refractivity (Wildman–Crippen MR) is 103 cm³/mol. The molecule has 3 rings (SSSR count). The molecule has 4 nitrogen and oxygen atoms in total. The van der Waals surface area contributed by atoms with Crippen molar-refractivity contribution in [3.05, 3.63) is 59.5 Å². The van der Waals surface area contributed by atoms with Gasteiger partial charge in [-0.05, 0) is 31.7 Å². The molecule has 0 radical (unpaired) electrons. The van der Waals surface area contributed by atoms with Crippen LogP contribution in [0.1, 0.15) is 43.0 Å². The molecule has 136 valence electrons. The molecule has 2 atom stereocenters. The lowest BCUT2D eigenvalue weighted by molar-refractivity contribution is 0.139. The molecule has 4 heteroatoms. The zero-order valence-corrected chi connectivity index (χ0v) is 15.7. The third-order valence-corrected chi connectivity index (χ3v) is 5.15. The molecule has 0 spiro atoms. The molecular formula is C21H31N3O. The molecule has 1 aliphatic rings. The van der Waals surface area contributed by atoms with Crippen molar-refractivity contribution in [2.45, 2.75) is 32.4 Å². The summed E-state index contributed by atoms with van der Waals surface area (Å²) in [5, 5.41) is 3.80. The highest BCUT2D eigenvalue weighted by molar-refractivity contribution is 5.20. The second-order valence-corrected chi connectivity index (χ2v) is 7.11. The van der Waals surface area contributed by atoms with Crippen LogP contribution in [0.15, 0.2) is 46.9 Å². The van der Waals surface area contributed by atoms with E-state index >= 15 is 0 Å². The molecule has 0 saturated carbocycles. The largest absolute Gasteiger partial charge is 0.464 e. The highest BCUT2D eigenvalue weighted by atomic mass is 16.3. The van der Waals surface area contributed by atoms with Gasteiger partial charge in [-0.3, -0.25) is 10.2 Å². The van der Waals surface area contributed by atoms with Gasteiger partial charge in [-0.2, -0.15) is 0 Å². The number of likely N-dealkylation sites (N-methyl/N-ethyl adjacent to an activating group) is 1. The summed E-state index contributed by atoms with van der Waals surface area (Å²) in [4.78, 5) is 4.97. The van der Waals surface area contributed by atoms with Gasteiger partial charge in [0.05, 0.1) is 6.04 Å². The fourth-order valence-electron chi connectivity index (χ4n) is 3.43. The van der Waals surface area contributed by atoms with Crippen molar-refractivity contribution < 1.29 is 4.42 Å². The van der Waals surface area contributed by atoms with Crippen LogP contribution in [0.3, 0.4) is 0 Å². The molecule has 1 aromatic heterocycles. The van der Waals surface area contributed by atoms with E-state index in [9.17, 15) is 0 Å². The number of benzene rings is 1. The van der Waals surface area contributed by atoms with Crippen molar-refractivity contribution in [2.24, 2.45) is 0 Å². The van der Waals surface area contributed by atoms with Crippen molar-refractivity contribution in [3.63, 3.8) is 0 Å². The molecule has 0 aliphatic carbocycles. The molecule has 1 aliphatic heterocycles. The van der Waals surface area contributed by atoms with E-state index in [1.165, 1.54) is 5.56 Å². The monoisotopic (exact) mass is 341 g/mol. The standard InChI is InChI=1S/C21H31N3O/c1-4-19-10-11-21(25-19)17(2)22-20(18-8-6-5-7-9-18)16-24-14-12-23(3)13-15-24/h5-11,17,20,22H,4,12-16H2,1-3H3/t17-,20-/m1/s1. The van der Waals surface area contributed by atoms with Crippen LogP contribution in [0.2, 0.25) is 0 Å². The first-order chi connectivity index (χ1) is 12.2. The Kier molecular flexibility index (Phi) is 6.29. The van der Waals surface area contributed by atoms with Gasteiger partial charge < -0.3 is 9.32 Å².